The maximum atomic E-state index is 12.0. The van der Waals surface area contributed by atoms with E-state index in [-0.39, 0.29) is 12.1 Å². The first-order chi connectivity index (χ1) is 6.96. The Morgan fingerprint density at radius 1 is 1.40 bits per heavy atom. The van der Waals surface area contributed by atoms with Gasteiger partial charge in [0.15, 0.2) is 0 Å². The minimum Gasteiger partial charge on any atom is -0.462 e. The number of hydrogen-bond donors (Lipinski definition) is 1. The minimum absolute atomic E-state index is 0.0241. The zero-order valence-electron chi connectivity index (χ0n) is 10.3. The Balaban J connectivity index is 2.67. The van der Waals surface area contributed by atoms with E-state index in [1.165, 1.54) is 0 Å². The number of esters is 1. The molecule has 1 N–H and O–H groups in total. The molecule has 3 heteroatoms. The zero-order chi connectivity index (χ0) is 11.5. The van der Waals surface area contributed by atoms with Crippen molar-refractivity contribution in [2.24, 2.45) is 5.92 Å². The van der Waals surface area contributed by atoms with Crippen LogP contribution >= 0.6 is 0 Å². The van der Waals surface area contributed by atoms with Gasteiger partial charge in [-0.15, -0.1) is 0 Å². The molecule has 1 aliphatic heterocycles. The molecule has 0 bridgehead atoms. The molecule has 88 valence electrons. The summed E-state index contributed by atoms with van der Waals surface area (Å²) in [7, 11) is 0. The van der Waals surface area contributed by atoms with Gasteiger partial charge < -0.3 is 10.1 Å². The standard InChI is InChI=1S/C12H23NO2/c1-9(2)8-12(6-5-7-13-12)11(14)15-10(3)4/h9-10,13H,5-8H2,1-4H3/t12-/m1/s1. The van der Waals surface area contributed by atoms with Crippen molar-refractivity contribution in [2.45, 2.75) is 58.6 Å². The van der Waals surface area contributed by atoms with Gasteiger partial charge in [0, 0.05) is 0 Å². The maximum absolute atomic E-state index is 12.0. The quantitative estimate of drug-likeness (QED) is 0.727. The zero-order valence-corrected chi connectivity index (χ0v) is 10.3. The largest absolute Gasteiger partial charge is 0.462 e. The van der Waals surface area contributed by atoms with Crippen LogP contribution in [0.5, 0.6) is 0 Å². The summed E-state index contributed by atoms with van der Waals surface area (Å²) < 4.78 is 5.34. The summed E-state index contributed by atoms with van der Waals surface area (Å²) in [4.78, 5) is 12.0. The first kappa shape index (κ1) is 12.5. The van der Waals surface area contributed by atoms with E-state index in [0.29, 0.717) is 5.92 Å². The van der Waals surface area contributed by atoms with E-state index in [1.54, 1.807) is 0 Å². The molecule has 0 aromatic carbocycles. The van der Waals surface area contributed by atoms with Crippen molar-refractivity contribution >= 4 is 5.97 Å². The molecule has 15 heavy (non-hydrogen) atoms. The fourth-order valence-corrected chi connectivity index (χ4v) is 2.26. The summed E-state index contributed by atoms with van der Waals surface area (Å²) in [5.74, 6) is 0.444. The van der Waals surface area contributed by atoms with Gasteiger partial charge in [-0.3, -0.25) is 4.79 Å². The van der Waals surface area contributed by atoms with Crippen molar-refractivity contribution < 1.29 is 9.53 Å². The highest BCUT2D eigenvalue weighted by Crippen LogP contribution is 2.28. The van der Waals surface area contributed by atoms with E-state index >= 15 is 0 Å². The number of ether oxygens (including phenoxy) is 1. The van der Waals surface area contributed by atoms with E-state index in [2.05, 4.69) is 19.2 Å². The normalized spacial score (nSPS) is 26.3. The Hall–Kier alpha value is -0.570. The molecule has 3 nitrogen and oxygen atoms in total. The molecule has 0 radical (unpaired) electrons. The average Bonchev–Trinajstić information content (AvgIpc) is 2.51. The second-order valence-corrected chi connectivity index (χ2v) is 5.16. The fourth-order valence-electron chi connectivity index (χ4n) is 2.26. The van der Waals surface area contributed by atoms with Crippen LogP contribution in [0.25, 0.3) is 0 Å². The van der Waals surface area contributed by atoms with Crippen LogP contribution in [0, 0.1) is 5.92 Å². The predicted molar refractivity (Wildman–Crippen MR) is 60.7 cm³/mol. The molecule has 1 fully saturated rings. The van der Waals surface area contributed by atoms with Crippen LogP contribution in [-0.2, 0) is 9.53 Å². The second kappa shape index (κ2) is 4.97. The van der Waals surface area contributed by atoms with Gasteiger partial charge >= 0.3 is 5.97 Å². The van der Waals surface area contributed by atoms with Crippen molar-refractivity contribution in [2.75, 3.05) is 6.54 Å². The molecule has 0 amide bonds. The molecular weight excluding hydrogens is 190 g/mol. The van der Waals surface area contributed by atoms with Gasteiger partial charge in [0.25, 0.3) is 0 Å². The van der Waals surface area contributed by atoms with Crippen molar-refractivity contribution in [1.29, 1.82) is 0 Å². The fraction of sp³-hybridized carbons (Fsp3) is 0.917. The SMILES string of the molecule is CC(C)C[C@@]1(C(=O)OC(C)C)CCCN1. The molecule has 0 aliphatic carbocycles. The summed E-state index contributed by atoms with van der Waals surface area (Å²) in [6, 6.07) is 0. The number of rotatable bonds is 4. The molecule has 0 unspecified atom stereocenters. The summed E-state index contributed by atoms with van der Waals surface area (Å²) in [5.41, 5.74) is -0.404. The molecule has 1 atom stereocenters. The van der Waals surface area contributed by atoms with Crippen molar-refractivity contribution in [1.82, 2.24) is 5.32 Å². The smallest absolute Gasteiger partial charge is 0.326 e. The highest BCUT2D eigenvalue weighted by atomic mass is 16.5. The third-order valence-corrected chi connectivity index (χ3v) is 2.73. The van der Waals surface area contributed by atoms with Crippen LogP contribution in [0.1, 0.15) is 47.0 Å². The van der Waals surface area contributed by atoms with Crippen LogP contribution in [0.2, 0.25) is 0 Å². The number of carbonyl (C=O) groups excluding carboxylic acids is 1. The van der Waals surface area contributed by atoms with E-state index in [4.69, 9.17) is 4.74 Å². The average molecular weight is 213 g/mol. The topological polar surface area (TPSA) is 38.3 Å². The molecule has 0 spiro atoms. The van der Waals surface area contributed by atoms with E-state index in [1.807, 2.05) is 13.8 Å². The highest BCUT2D eigenvalue weighted by Gasteiger charge is 2.42. The summed E-state index contributed by atoms with van der Waals surface area (Å²) >= 11 is 0. The maximum Gasteiger partial charge on any atom is 0.326 e. The molecule has 1 saturated heterocycles. The lowest BCUT2D eigenvalue weighted by Gasteiger charge is -2.29. The van der Waals surface area contributed by atoms with Crippen LogP contribution in [0.15, 0.2) is 0 Å². The predicted octanol–water partition coefficient (Wildman–Crippen LogP) is 2.11. The summed E-state index contributed by atoms with van der Waals surface area (Å²) in [5, 5.41) is 3.33. The summed E-state index contributed by atoms with van der Waals surface area (Å²) in [6.45, 7) is 9.01. The highest BCUT2D eigenvalue weighted by molar-refractivity contribution is 5.81. The summed E-state index contributed by atoms with van der Waals surface area (Å²) in [6.07, 6.45) is 2.83. The van der Waals surface area contributed by atoms with Crippen molar-refractivity contribution in [3.8, 4) is 0 Å². The van der Waals surface area contributed by atoms with E-state index in [0.717, 1.165) is 25.8 Å². The molecule has 1 rings (SSSR count). The van der Waals surface area contributed by atoms with Crippen LogP contribution in [0.3, 0.4) is 0 Å². The Labute approximate surface area is 92.6 Å². The van der Waals surface area contributed by atoms with Gasteiger partial charge in [-0.25, -0.2) is 0 Å². The van der Waals surface area contributed by atoms with Gasteiger partial charge in [-0.2, -0.15) is 0 Å². The van der Waals surface area contributed by atoms with Gasteiger partial charge in [0.2, 0.25) is 0 Å². The third kappa shape index (κ3) is 3.20. The number of hydrogen-bond acceptors (Lipinski definition) is 3. The van der Waals surface area contributed by atoms with Crippen LogP contribution in [0.4, 0.5) is 0 Å². The molecule has 1 heterocycles. The molecular formula is C12H23NO2. The number of carbonyl (C=O) groups is 1. The molecule has 0 aromatic rings. The lowest BCUT2D eigenvalue weighted by Crippen LogP contribution is -2.50. The Kier molecular flexibility index (Phi) is 4.14. The first-order valence-corrected chi connectivity index (χ1v) is 5.92. The van der Waals surface area contributed by atoms with Crippen LogP contribution < -0.4 is 5.32 Å². The Bertz CT molecular complexity index is 218. The monoisotopic (exact) mass is 213 g/mol. The van der Waals surface area contributed by atoms with Gasteiger partial charge in [0.05, 0.1) is 6.10 Å². The molecule has 1 aliphatic rings. The van der Waals surface area contributed by atoms with Gasteiger partial charge in [-0.05, 0) is 45.6 Å². The molecule has 0 aromatic heterocycles. The first-order valence-electron chi connectivity index (χ1n) is 5.92. The van der Waals surface area contributed by atoms with Gasteiger partial charge in [-0.1, -0.05) is 13.8 Å². The van der Waals surface area contributed by atoms with Crippen LogP contribution in [-0.4, -0.2) is 24.2 Å². The lowest BCUT2D eigenvalue weighted by atomic mass is 9.87. The molecule has 0 saturated carbocycles. The third-order valence-electron chi connectivity index (χ3n) is 2.73. The number of nitrogens with one attached hydrogen (secondary N) is 1. The van der Waals surface area contributed by atoms with Gasteiger partial charge in [0.1, 0.15) is 5.54 Å². The van der Waals surface area contributed by atoms with Crippen molar-refractivity contribution in [3.63, 3.8) is 0 Å². The van der Waals surface area contributed by atoms with E-state index in [9.17, 15) is 4.79 Å². The minimum atomic E-state index is -0.404. The van der Waals surface area contributed by atoms with Crippen molar-refractivity contribution in [3.05, 3.63) is 0 Å². The Morgan fingerprint density at radius 3 is 2.47 bits per heavy atom. The van der Waals surface area contributed by atoms with E-state index < -0.39 is 5.54 Å². The lowest BCUT2D eigenvalue weighted by molar-refractivity contribution is -0.155. The Morgan fingerprint density at radius 2 is 2.07 bits per heavy atom. The second-order valence-electron chi connectivity index (χ2n) is 5.16.